The number of fused-ring (bicyclic) bond motifs is 1. The highest BCUT2D eigenvalue weighted by Gasteiger charge is 2.46. The van der Waals surface area contributed by atoms with E-state index >= 15 is 0 Å². The van der Waals surface area contributed by atoms with Gasteiger partial charge in [0.15, 0.2) is 0 Å². The normalized spacial score (nSPS) is 19.5. The number of carbonyl (C=O) groups is 2. The van der Waals surface area contributed by atoms with Gasteiger partial charge >= 0.3 is 0 Å². The third-order valence-corrected chi connectivity index (χ3v) is 6.17. The van der Waals surface area contributed by atoms with Crippen molar-refractivity contribution in [2.75, 3.05) is 6.54 Å². The summed E-state index contributed by atoms with van der Waals surface area (Å²) in [4.78, 5) is 30.6. The van der Waals surface area contributed by atoms with Gasteiger partial charge in [0.25, 0.3) is 5.91 Å². The first-order valence-corrected chi connectivity index (χ1v) is 10.2. The van der Waals surface area contributed by atoms with Crippen LogP contribution in [0, 0.1) is 0 Å². The van der Waals surface area contributed by atoms with Crippen LogP contribution in [0.4, 0.5) is 0 Å². The Morgan fingerprint density at radius 2 is 1.97 bits per heavy atom. The Morgan fingerprint density at radius 1 is 1.23 bits per heavy atom. The Bertz CT molecular complexity index is 1110. The molecule has 2 aromatic carbocycles. The lowest BCUT2D eigenvalue weighted by molar-refractivity contribution is -0.143. The molecule has 4 rings (SSSR count). The molecule has 7 heteroatoms. The van der Waals surface area contributed by atoms with Gasteiger partial charge in [-0.1, -0.05) is 30.3 Å². The zero-order chi connectivity index (χ0) is 22.0. The summed E-state index contributed by atoms with van der Waals surface area (Å²) in [6.45, 7) is 4.37. The molecule has 160 valence electrons. The third kappa shape index (κ3) is 3.84. The van der Waals surface area contributed by atoms with Crippen molar-refractivity contribution in [3.8, 4) is 5.75 Å². The predicted octanol–water partition coefficient (Wildman–Crippen LogP) is 3.20. The highest BCUT2D eigenvalue weighted by atomic mass is 16.5. The van der Waals surface area contributed by atoms with Gasteiger partial charge in [-0.05, 0) is 50.1 Å². The molecule has 0 aliphatic carbocycles. The standard InChI is InChI=1S/C24H25N3O4/c1-16(22(28)26-30)27-14-12-24(2,23(27)29)18-7-9-19(10-8-18)31-15-17-11-13-25-21-6-4-3-5-20(17)21/h3-11,13,16,30H,12,14-15H2,1-2H3,(H,26,28)/t16-,24+/m1/s1. The summed E-state index contributed by atoms with van der Waals surface area (Å²) in [6.07, 6.45) is 2.37. The van der Waals surface area contributed by atoms with Gasteiger partial charge in [-0.3, -0.25) is 19.8 Å². The molecule has 1 aromatic heterocycles. The number of nitrogens with one attached hydrogen (secondary N) is 1. The lowest BCUT2D eigenvalue weighted by Gasteiger charge is -2.27. The number of benzene rings is 2. The number of pyridine rings is 1. The number of hydrogen-bond donors (Lipinski definition) is 2. The van der Waals surface area contributed by atoms with Crippen LogP contribution in [-0.2, 0) is 21.6 Å². The van der Waals surface area contributed by atoms with Crippen LogP contribution >= 0.6 is 0 Å². The average Bonchev–Trinajstić information content (AvgIpc) is 3.12. The van der Waals surface area contributed by atoms with E-state index < -0.39 is 17.4 Å². The summed E-state index contributed by atoms with van der Waals surface area (Å²) in [6, 6.07) is 16.7. The molecule has 0 unspecified atom stereocenters. The molecule has 0 bridgehead atoms. The molecular weight excluding hydrogens is 394 g/mol. The Morgan fingerprint density at radius 3 is 2.71 bits per heavy atom. The summed E-state index contributed by atoms with van der Waals surface area (Å²) in [5.74, 6) is -0.00548. The number of carbonyl (C=O) groups excluding carboxylic acids is 2. The molecule has 2 heterocycles. The fraction of sp³-hybridized carbons (Fsp3) is 0.292. The van der Waals surface area contributed by atoms with Crippen LogP contribution in [-0.4, -0.2) is 39.5 Å². The van der Waals surface area contributed by atoms with E-state index in [-0.39, 0.29) is 5.91 Å². The second-order valence-electron chi connectivity index (χ2n) is 8.03. The van der Waals surface area contributed by atoms with E-state index in [0.29, 0.717) is 25.3 Å². The monoisotopic (exact) mass is 419 g/mol. The molecule has 0 radical (unpaired) electrons. The first-order chi connectivity index (χ1) is 14.9. The van der Waals surface area contributed by atoms with E-state index in [4.69, 9.17) is 9.94 Å². The van der Waals surface area contributed by atoms with Crippen molar-refractivity contribution in [3.63, 3.8) is 0 Å². The molecule has 1 aliphatic heterocycles. The number of rotatable bonds is 6. The van der Waals surface area contributed by atoms with Crippen molar-refractivity contribution in [2.24, 2.45) is 0 Å². The zero-order valence-corrected chi connectivity index (χ0v) is 17.5. The fourth-order valence-corrected chi connectivity index (χ4v) is 4.10. The van der Waals surface area contributed by atoms with Gasteiger partial charge in [-0.15, -0.1) is 0 Å². The maximum absolute atomic E-state index is 13.0. The first-order valence-electron chi connectivity index (χ1n) is 10.2. The summed E-state index contributed by atoms with van der Waals surface area (Å²) in [5, 5.41) is 9.93. The molecule has 2 atom stereocenters. The van der Waals surface area contributed by atoms with E-state index in [2.05, 4.69) is 4.98 Å². The third-order valence-electron chi connectivity index (χ3n) is 6.17. The molecule has 31 heavy (non-hydrogen) atoms. The average molecular weight is 419 g/mol. The van der Waals surface area contributed by atoms with Crippen molar-refractivity contribution >= 4 is 22.7 Å². The molecule has 0 saturated carbocycles. The number of para-hydroxylation sites is 1. The van der Waals surface area contributed by atoms with E-state index in [0.717, 1.165) is 22.0 Å². The minimum atomic E-state index is -0.725. The number of ether oxygens (including phenoxy) is 1. The van der Waals surface area contributed by atoms with Crippen LogP contribution < -0.4 is 10.2 Å². The molecule has 1 fully saturated rings. The van der Waals surface area contributed by atoms with Gasteiger partial charge in [0.1, 0.15) is 18.4 Å². The Balaban J connectivity index is 1.47. The molecule has 1 saturated heterocycles. The molecule has 3 aromatic rings. The van der Waals surface area contributed by atoms with Gasteiger partial charge in [0, 0.05) is 23.7 Å². The zero-order valence-electron chi connectivity index (χ0n) is 17.5. The number of nitrogens with zero attached hydrogens (tertiary/aromatic N) is 2. The van der Waals surface area contributed by atoms with Crippen LogP contribution in [0.2, 0.25) is 0 Å². The lowest BCUT2D eigenvalue weighted by atomic mass is 9.81. The fourth-order valence-electron chi connectivity index (χ4n) is 4.10. The summed E-state index contributed by atoms with van der Waals surface area (Å²) in [5.41, 5.74) is 3.76. The Hall–Kier alpha value is -3.45. The van der Waals surface area contributed by atoms with E-state index in [9.17, 15) is 9.59 Å². The van der Waals surface area contributed by atoms with Crippen molar-refractivity contribution < 1.29 is 19.5 Å². The lowest BCUT2D eigenvalue weighted by Crippen LogP contribution is -2.47. The Kier molecular flexibility index (Phi) is 5.61. The number of hydrogen-bond acceptors (Lipinski definition) is 5. The van der Waals surface area contributed by atoms with Crippen LogP contribution in [0.1, 0.15) is 31.4 Å². The van der Waals surface area contributed by atoms with Crippen molar-refractivity contribution in [1.29, 1.82) is 0 Å². The van der Waals surface area contributed by atoms with Gasteiger partial charge in [-0.25, -0.2) is 5.48 Å². The quantitative estimate of drug-likeness (QED) is 0.473. The smallest absolute Gasteiger partial charge is 0.265 e. The van der Waals surface area contributed by atoms with E-state index in [1.807, 2.05) is 61.5 Å². The van der Waals surface area contributed by atoms with Crippen molar-refractivity contribution in [1.82, 2.24) is 15.4 Å². The summed E-state index contributed by atoms with van der Waals surface area (Å²) >= 11 is 0. The number of aromatic nitrogens is 1. The van der Waals surface area contributed by atoms with E-state index in [1.54, 1.807) is 18.6 Å². The first kappa shape index (κ1) is 20.8. The van der Waals surface area contributed by atoms with E-state index in [1.165, 1.54) is 4.90 Å². The van der Waals surface area contributed by atoms with Gasteiger partial charge in [0.2, 0.25) is 5.91 Å². The molecule has 2 amide bonds. The highest BCUT2D eigenvalue weighted by Crippen LogP contribution is 2.37. The minimum Gasteiger partial charge on any atom is -0.489 e. The van der Waals surface area contributed by atoms with Gasteiger partial charge in [0.05, 0.1) is 10.9 Å². The SMILES string of the molecule is C[C@H](C(=O)NO)N1CC[C@@](C)(c2ccc(OCc3ccnc4ccccc34)cc2)C1=O. The van der Waals surface area contributed by atoms with Crippen LogP contribution in [0.3, 0.4) is 0 Å². The number of likely N-dealkylation sites (tertiary alicyclic amines) is 1. The molecule has 1 aliphatic rings. The molecule has 2 N–H and O–H groups in total. The topological polar surface area (TPSA) is 91.8 Å². The maximum atomic E-state index is 13.0. The number of amides is 2. The molecule has 0 spiro atoms. The second-order valence-corrected chi connectivity index (χ2v) is 8.03. The van der Waals surface area contributed by atoms with Gasteiger partial charge < -0.3 is 9.64 Å². The second kappa shape index (κ2) is 8.35. The number of hydroxylamine groups is 1. The highest BCUT2D eigenvalue weighted by molar-refractivity contribution is 5.94. The maximum Gasteiger partial charge on any atom is 0.265 e. The van der Waals surface area contributed by atoms with Crippen LogP contribution in [0.25, 0.3) is 10.9 Å². The van der Waals surface area contributed by atoms with Gasteiger partial charge in [-0.2, -0.15) is 0 Å². The van der Waals surface area contributed by atoms with Crippen molar-refractivity contribution in [2.45, 2.75) is 38.3 Å². The molecule has 7 nitrogen and oxygen atoms in total. The summed E-state index contributed by atoms with van der Waals surface area (Å²) in [7, 11) is 0. The predicted molar refractivity (Wildman–Crippen MR) is 116 cm³/mol. The van der Waals surface area contributed by atoms with Crippen LogP contribution in [0.15, 0.2) is 60.8 Å². The largest absolute Gasteiger partial charge is 0.489 e. The Labute approximate surface area is 180 Å². The minimum absolute atomic E-state index is 0.125. The molecular formula is C24H25N3O4. The van der Waals surface area contributed by atoms with Crippen LogP contribution in [0.5, 0.6) is 5.75 Å². The summed E-state index contributed by atoms with van der Waals surface area (Å²) < 4.78 is 5.98. The van der Waals surface area contributed by atoms with Crippen molar-refractivity contribution in [3.05, 3.63) is 71.9 Å².